The van der Waals surface area contributed by atoms with Crippen LogP contribution in [-0.4, -0.2) is 31.1 Å². The van der Waals surface area contributed by atoms with Crippen molar-refractivity contribution in [2.45, 2.75) is 12.0 Å². The van der Waals surface area contributed by atoms with Crippen LogP contribution in [0.1, 0.15) is 15.9 Å². The van der Waals surface area contributed by atoms with Crippen molar-refractivity contribution in [3.63, 3.8) is 0 Å². The highest BCUT2D eigenvalue weighted by Gasteiger charge is 2.29. The summed E-state index contributed by atoms with van der Waals surface area (Å²) in [6.45, 7) is 0. The Kier molecular flexibility index (Phi) is 4.16. The van der Waals surface area contributed by atoms with Gasteiger partial charge in [-0.1, -0.05) is 12.1 Å². The van der Waals surface area contributed by atoms with Crippen LogP contribution in [0.4, 0.5) is 8.78 Å². The maximum atomic E-state index is 13.6. The number of benzene rings is 1. The number of hydrogen-bond donors (Lipinski definition) is 2. The van der Waals surface area contributed by atoms with Gasteiger partial charge in [0.05, 0.1) is 11.8 Å². The van der Waals surface area contributed by atoms with Crippen LogP contribution in [0.25, 0.3) is 10.9 Å². The number of sulfone groups is 1. The second-order valence-electron chi connectivity index (χ2n) is 5.77. The fraction of sp³-hybridized carbons (Fsp3) is 0.176. The van der Waals surface area contributed by atoms with Gasteiger partial charge in [0.25, 0.3) is 11.5 Å². The molecule has 1 amide bonds. The molecule has 0 spiro atoms. The van der Waals surface area contributed by atoms with Gasteiger partial charge >= 0.3 is 5.92 Å². The number of nitrogens with one attached hydrogen (secondary N) is 2. The number of halogens is 2. The Morgan fingerprint density at radius 3 is 2.69 bits per heavy atom. The van der Waals surface area contributed by atoms with E-state index < -0.39 is 38.8 Å². The number of rotatable bonds is 3. The number of pyridine rings is 1. The van der Waals surface area contributed by atoms with Crippen molar-refractivity contribution < 1.29 is 22.0 Å². The van der Waals surface area contributed by atoms with Crippen LogP contribution in [0.3, 0.4) is 0 Å². The van der Waals surface area contributed by atoms with Crippen molar-refractivity contribution in [1.82, 2.24) is 10.3 Å². The van der Waals surface area contributed by atoms with Crippen LogP contribution in [-0.2, 0) is 15.8 Å². The smallest absolute Gasteiger partial charge is 0.333 e. The SMILES string of the molecule is C#CC(F)(F)c1ccc2cc(C(=O)N[C@@H]3C=CS(=O)(=O)C3)c(=O)[nH]c2c1. The molecule has 1 aromatic carbocycles. The van der Waals surface area contributed by atoms with Crippen molar-refractivity contribution in [3.8, 4) is 12.3 Å². The van der Waals surface area contributed by atoms with Gasteiger partial charge in [-0.25, -0.2) is 8.42 Å². The van der Waals surface area contributed by atoms with Gasteiger partial charge in [0, 0.05) is 16.5 Å². The normalized spacial score (nSPS) is 18.6. The van der Waals surface area contributed by atoms with Crippen LogP contribution in [0.5, 0.6) is 0 Å². The lowest BCUT2D eigenvalue weighted by Crippen LogP contribution is -2.38. The molecule has 2 heterocycles. The summed E-state index contributed by atoms with van der Waals surface area (Å²) in [4.78, 5) is 26.7. The zero-order chi connectivity index (χ0) is 19.1. The molecule has 0 unspecified atom stereocenters. The Hall–Kier alpha value is -2.99. The minimum absolute atomic E-state index is 0.0994. The van der Waals surface area contributed by atoms with Crippen LogP contribution in [0.15, 0.2) is 40.5 Å². The Bertz CT molecular complexity index is 1140. The maximum Gasteiger partial charge on any atom is 0.333 e. The van der Waals surface area contributed by atoms with Gasteiger partial charge in [-0.2, -0.15) is 8.78 Å². The first-order chi connectivity index (χ1) is 12.1. The van der Waals surface area contributed by atoms with Crippen LogP contribution in [0, 0.1) is 12.3 Å². The molecule has 1 atom stereocenters. The summed E-state index contributed by atoms with van der Waals surface area (Å²) in [5, 5.41) is 3.77. The number of carbonyl (C=O) groups excluding carboxylic acids is 1. The first-order valence-electron chi connectivity index (χ1n) is 7.36. The molecule has 0 fully saturated rings. The Labute approximate surface area is 146 Å². The van der Waals surface area contributed by atoms with E-state index in [1.54, 1.807) is 0 Å². The number of fused-ring (bicyclic) bond motifs is 1. The maximum absolute atomic E-state index is 13.6. The summed E-state index contributed by atoms with van der Waals surface area (Å²) < 4.78 is 49.8. The lowest BCUT2D eigenvalue weighted by Gasteiger charge is -2.12. The average Bonchev–Trinajstić information content (AvgIpc) is 2.92. The summed E-state index contributed by atoms with van der Waals surface area (Å²) in [5.41, 5.74) is -1.41. The molecule has 0 saturated heterocycles. The zero-order valence-electron chi connectivity index (χ0n) is 13.1. The highest BCUT2D eigenvalue weighted by molar-refractivity contribution is 7.94. The largest absolute Gasteiger partial charge is 0.345 e. The molecule has 6 nitrogen and oxygen atoms in total. The van der Waals surface area contributed by atoms with Gasteiger partial charge in [-0.05, 0) is 29.5 Å². The Balaban J connectivity index is 1.93. The minimum atomic E-state index is -3.48. The number of carbonyl (C=O) groups is 1. The van der Waals surface area contributed by atoms with Gasteiger partial charge in [0.15, 0.2) is 9.84 Å². The molecule has 0 radical (unpaired) electrons. The van der Waals surface area contributed by atoms with E-state index in [1.807, 2.05) is 0 Å². The first kappa shape index (κ1) is 17.8. The van der Waals surface area contributed by atoms with Gasteiger partial charge in [-0.3, -0.25) is 9.59 Å². The van der Waals surface area contributed by atoms with Gasteiger partial charge in [0.2, 0.25) is 0 Å². The summed E-state index contributed by atoms with van der Waals surface area (Å²) in [7, 11) is -3.36. The quantitative estimate of drug-likeness (QED) is 0.787. The molecule has 26 heavy (non-hydrogen) atoms. The van der Waals surface area contributed by atoms with E-state index >= 15 is 0 Å². The highest BCUT2D eigenvalue weighted by Crippen LogP contribution is 2.28. The molecule has 0 bridgehead atoms. The minimum Gasteiger partial charge on any atom is -0.345 e. The van der Waals surface area contributed by atoms with Crippen LogP contribution in [0.2, 0.25) is 0 Å². The molecule has 0 aliphatic carbocycles. The fourth-order valence-electron chi connectivity index (χ4n) is 2.56. The first-order valence-corrected chi connectivity index (χ1v) is 9.08. The molecule has 134 valence electrons. The van der Waals surface area contributed by atoms with Crippen LogP contribution >= 0.6 is 0 Å². The third kappa shape index (κ3) is 3.36. The van der Waals surface area contributed by atoms with E-state index in [0.29, 0.717) is 5.39 Å². The fourth-order valence-corrected chi connectivity index (χ4v) is 3.80. The summed E-state index contributed by atoms with van der Waals surface area (Å²) in [6, 6.07) is 3.97. The van der Waals surface area contributed by atoms with Gasteiger partial charge in [0.1, 0.15) is 5.56 Å². The number of aromatic amines is 1. The number of H-pyrrole nitrogens is 1. The van der Waals surface area contributed by atoms with E-state index in [0.717, 1.165) is 17.5 Å². The lowest BCUT2D eigenvalue weighted by molar-refractivity contribution is 0.0642. The van der Waals surface area contributed by atoms with Crippen molar-refractivity contribution in [3.05, 3.63) is 57.2 Å². The van der Waals surface area contributed by atoms with Crippen LogP contribution < -0.4 is 10.9 Å². The summed E-state index contributed by atoms with van der Waals surface area (Å²) in [6.07, 6.45) is 6.12. The molecule has 2 N–H and O–H groups in total. The number of aromatic nitrogens is 1. The van der Waals surface area contributed by atoms with E-state index in [-0.39, 0.29) is 16.8 Å². The van der Waals surface area contributed by atoms with Crippen molar-refractivity contribution >= 4 is 26.6 Å². The second-order valence-corrected chi connectivity index (χ2v) is 7.70. The molecule has 0 saturated carbocycles. The van der Waals surface area contributed by atoms with Gasteiger partial charge < -0.3 is 10.3 Å². The summed E-state index contributed by atoms with van der Waals surface area (Å²) >= 11 is 0. The van der Waals surface area contributed by atoms with E-state index in [1.165, 1.54) is 24.1 Å². The van der Waals surface area contributed by atoms with Crippen molar-refractivity contribution in [2.24, 2.45) is 0 Å². The number of amides is 1. The second kappa shape index (κ2) is 6.07. The summed E-state index contributed by atoms with van der Waals surface area (Å²) in [5.74, 6) is -3.16. The third-order valence-electron chi connectivity index (χ3n) is 3.88. The standard InChI is InChI=1S/C17H12F2N2O4S/c1-2-17(18,19)11-4-3-10-7-13(16(23)21-14(10)8-11)15(22)20-12-5-6-26(24,25)9-12/h1,3-8,12H,9H2,(H,20,22)(H,21,23)/t12-/m1/s1. The van der Waals surface area contributed by atoms with E-state index in [2.05, 4.69) is 10.3 Å². The molecule has 3 rings (SSSR count). The van der Waals surface area contributed by atoms with Crippen molar-refractivity contribution in [2.75, 3.05) is 5.75 Å². The lowest BCUT2D eigenvalue weighted by atomic mass is 10.0. The molecular weight excluding hydrogens is 366 g/mol. The molecule has 1 aliphatic heterocycles. The molecular formula is C17H12F2N2O4S. The molecule has 9 heteroatoms. The number of hydrogen-bond acceptors (Lipinski definition) is 4. The van der Waals surface area contributed by atoms with E-state index in [4.69, 9.17) is 6.42 Å². The predicted molar refractivity (Wildman–Crippen MR) is 91.5 cm³/mol. The Morgan fingerprint density at radius 1 is 1.35 bits per heavy atom. The van der Waals surface area contributed by atoms with Gasteiger partial charge in [-0.15, -0.1) is 6.42 Å². The number of alkyl halides is 2. The molecule has 2 aromatic rings. The predicted octanol–water partition coefficient (Wildman–Crippen LogP) is 1.29. The highest BCUT2D eigenvalue weighted by atomic mass is 32.2. The monoisotopic (exact) mass is 378 g/mol. The third-order valence-corrected chi connectivity index (χ3v) is 5.28. The van der Waals surface area contributed by atoms with Crippen molar-refractivity contribution in [1.29, 1.82) is 0 Å². The molecule has 1 aliphatic rings. The Morgan fingerprint density at radius 2 is 2.08 bits per heavy atom. The van der Waals surface area contributed by atoms with E-state index in [9.17, 15) is 26.8 Å². The zero-order valence-corrected chi connectivity index (χ0v) is 13.9. The average molecular weight is 378 g/mol. The topological polar surface area (TPSA) is 96.1 Å². The number of terminal acetylenes is 1. The molecule has 1 aromatic heterocycles.